The molecule has 2 N–H and O–H groups in total. The zero-order valence-electron chi connectivity index (χ0n) is 7.51. The fourth-order valence-corrected chi connectivity index (χ4v) is 1.28. The molecule has 1 rings (SSSR count). The topological polar surface area (TPSA) is 26.0 Å². The second kappa shape index (κ2) is 4.07. The van der Waals surface area contributed by atoms with E-state index < -0.39 is 0 Å². The number of hydrogen-bond donors (Lipinski definition) is 1. The second-order valence-corrected chi connectivity index (χ2v) is 2.96. The third-order valence-corrected chi connectivity index (χ3v) is 1.97. The summed E-state index contributed by atoms with van der Waals surface area (Å²) in [6, 6.07) is 8.25. The zero-order chi connectivity index (χ0) is 8.97. The van der Waals surface area contributed by atoms with Crippen molar-refractivity contribution in [1.82, 2.24) is 0 Å². The fraction of sp³-hybridized carbons (Fsp3) is 0.273. The molecule has 1 aromatic carbocycles. The maximum atomic E-state index is 5.46. The van der Waals surface area contributed by atoms with Crippen LogP contribution < -0.4 is 5.73 Å². The minimum Gasteiger partial charge on any atom is -0.330 e. The first-order valence-electron chi connectivity index (χ1n) is 4.19. The molecule has 0 aliphatic carbocycles. The molecule has 0 amide bonds. The molecule has 0 heterocycles. The standard InChI is InChI=1S/C11H15N/c1-9-5-3-4-6-11(9)10(2)7-8-12/h3-6H,2,7-8,12H2,1H3. The van der Waals surface area contributed by atoms with Crippen molar-refractivity contribution >= 4 is 5.57 Å². The summed E-state index contributed by atoms with van der Waals surface area (Å²) < 4.78 is 0. The van der Waals surface area contributed by atoms with Gasteiger partial charge in [0.1, 0.15) is 0 Å². The predicted molar refractivity (Wildman–Crippen MR) is 53.9 cm³/mol. The van der Waals surface area contributed by atoms with E-state index >= 15 is 0 Å². The molecule has 0 fully saturated rings. The molecule has 0 saturated heterocycles. The first-order valence-corrected chi connectivity index (χ1v) is 4.19. The number of hydrogen-bond acceptors (Lipinski definition) is 1. The van der Waals surface area contributed by atoms with Crippen molar-refractivity contribution in [3.8, 4) is 0 Å². The van der Waals surface area contributed by atoms with Gasteiger partial charge in [0, 0.05) is 0 Å². The van der Waals surface area contributed by atoms with Crippen molar-refractivity contribution in [2.24, 2.45) is 5.73 Å². The van der Waals surface area contributed by atoms with Crippen LogP contribution >= 0.6 is 0 Å². The lowest BCUT2D eigenvalue weighted by Crippen LogP contribution is -1.99. The molecule has 0 atom stereocenters. The van der Waals surface area contributed by atoms with Crippen LogP contribution in [0.25, 0.3) is 5.57 Å². The molecule has 0 saturated carbocycles. The summed E-state index contributed by atoms with van der Waals surface area (Å²) in [4.78, 5) is 0. The molecule has 0 aliphatic heterocycles. The molecule has 0 unspecified atom stereocenters. The molecule has 64 valence electrons. The molecule has 1 heteroatoms. The third-order valence-electron chi connectivity index (χ3n) is 1.97. The highest BCUT2D eigenvalue weighted by molar-refractivity contribution is 5.66. The van der Waals surface area contributed by atoms with Gasteiger partial charge in [-0.15, -0.1) is 0 Å². The smallest absolute Gasteiger partial charge is 0.00367 e. The van der Waals surface area contributed by atoms with E-state index in [0.717, 1.165) is 12.0 Å². The summed E-state index contributed by atoms with van der Waals surface area (Å²) in [6.07, 6.45) is 0.880. The Labute approximate surface area is 73.9 Å². The molecule has 0 aliphatic rings. The number of rotatable bonds is 3. The maximum Gasteiger partial charge on any atom is -0.00367 e. The van der Waals surface area contributed by atoms with E-state index in [2.05, 4.69) is 25.6 Å². The minimum absolute atomic E-state index is 0.674. The molecular formula is C11H15N. The lowest BCUT2D eigenvalue weighted by Gasteiger charge is -2.06. The molecule has 0 aromatic heterocycles. The zero-order valence-corrected chi connectivity index (χ0v) is 7.51. The Morgan fingerprint density at radius 3 is 2.67 bits per heavy atom. The van der Waals surface area contributed by atoms with Crippen LogP contribution in [0, 0.1) is 6.92 Å². The molecule has 1 aromatic rings. The summed E-state index contributed by atoms with van der Waals surface area (Å²) in [5.41, 5.74) is 9.10. The van der Waals surface area contributed by atoms with E-state index in [4.69, 9.17) is 5.73 Å². The van der Waals surface area contributed by atoms with E-state index in [0.29, 0.717) is 6.54 Å². The summed E-state index contributed by atoms with van der Waals surface area (Å²) in [5, 5.41) is 0. The van der Waals surface area contributed by atoms with Crippen LogP contribution in [-0.2, 0) is 0 Å². The lowest BCUT2D eigenvalue weighted by molar-refractivity contribution is 1.02. The lowest BCUT2D eigenvalue weighted by atomic mass is 10.00. The first kappa shape index (κ1) is 9.01. The van der Waals surface area contributed by atoms with E-state index in [1.807, 2.05) is 12.1 Å². The van der Waals surface area contributed by atoms with Gasteiger partial charge in [-0.05, 0) is 36.6 Å². The van der Waals surface area contributed by atoms with E-state index in [1.54, 1.807) is 0 Å². The van der Waals surface area contributed by atoms with Gasteiger partial charge in [-0.1, -0.05) is 30.8 Å². The fourth-order valence-electron chi connectivity index (χ4n) is 1.28. The van der Waals surface area contributed by atoms with Gasteiger partial charge >= 0.3 is 0 Å². The van der Waals surface area contributed by atoms with E-state index in [9.17, 15) is 0 Å². The normalized spacial score (nSPS) is 9.83. The van der Waals surface area contributed by atoms with Crippen molar-refractivity contribution in [3.63, 3.8) is 0 Å². The highest BCUT2D eigenvalue weighted by Gasteiger charge is 1.99. The van der Waals surface area contributed by atoms with Gasteiger partial charge in [0.25, 0.3) is 0 Å². The van der Waals surface area contributed by atoms with Crippen molar-refractivity contribution in [3.05, 3.63) is 42.0 Å². The second-order valence-electron chi connectivity index (χ2n) is 2.96. The van der Waals surface area contributed by atoms with Gasteiger partial charge in [0.15, 0.2) is 0 Å². The Morgan fingerprint density at radius 1 is 1.42 bits per heavy atom. The highest BCUT2D eigenvalue weighted by atomic mass is 14.5. The van der Waals surface area contributed by atoms with Crippen molar-refractivity contribution < 1.29 is 0 Å². The average molecular weight is 161 g/mol. The average Bonchev–Trinajstić information content (AvgIpc) is 2.05. The summed E-state index contributed by atoms with van der Waals surface area (Å²) in [6.45, 7) is 6.76. The van der Waals surface area contributed by atoms with Gasteiger partial charge in [0.2, 0.25) is 0 Å². The van der Waals surface area contributed by atoms with E-state index in [-0.39, 0.29) is 0 Å². The summed E-state index contributed by atoms with van der Waals surface area (Å²) in [7, 11) is 0. The van der Waals surface area contributed by atoms with Crippen LogP contribution in [0.4, 0.5) is 0 Å². The Balaban J connectivity index is 2.87. The first-order chi connectivity index (χ1) is 5.75. The Hall–Kier alpha value is -1.08. The number of benzene rings is 1. The Bertz CT molecular complexity index is 276. The molecular weight excluding hydrogens is 146 g/mol. The van der Waals surface area contributed by atoms with Crippen LogP contribution in [0.3, 0.4) is 0 Å². The SMILES string of the molecule is C=C(CCN)c1ccccc1C. The van der Waals surface area contributed by atoms with Gasteiger partial charge in [-0.2, -0.15) is 0 Å². The van der Waals surface area contributed by atoms with Crippen molar-refractivity contribution in [2.75, 3.05) is 6.54 Å². The van der Waals surface area contributed by atoms with Crippen molar-refractivity contribution in [2.45, 2.75) is 13.3 Å². The molecule has 12 heavy (non-hydrogen) atoms. The van der Waals surface area contributed by atoms with Crippen LogP contribution in [0.2, 0.25) is 0 Å². The van der Waals surface area contributed by atoms with Gasteiger partial charge in [-0.3, -0.25) is 0 Å². The molecule has 1 nitrogen and oxygen atoms in total. The summed E-state index contributed by atoms with van der Waals surface area (Å²) in [5.74, 6) is 0. The van der Waals surface area contributed by atoms with Gasteiger partial charge < -0.3 is 5.73 Å². The van der Waals surface area contributed by atoms with Crippen LogP contribution in [0.15, 0.2) is 30.8 Å². The largest absolute Gasteiger partial charge is 0.330 e. The van der Waals surface area contributed by atoms with E-state index in [1.165, 1.54) is 11.1 Å². The molecule has 0 radical (unpaired) electrons. The number of nitrogens with two attached hydrogens (primary N) is 1. The highest BCUT2D eigenvalue weighted by Crippen LogP contribution is 2.18. The van der Waals surface area contributed by atoms with Crippen LogP contribution in [0.1, 0.15) is 17.5 Å². The Morgan fingerprint density at radius 2 is 2.08 bits per heavy atom. The monoisotopic (exact) mass is 161 g/mol. The van der Waals surface area contributed by atoms with Gasteiger partial charge in [-0.25, -0.2) is 0 Å². The predicted octanol–water partition coefficient (Wildman–Crippen LogP) is 2.36. The minimum atomic E-state index is 0.674. The molecule has 0 bridgehead atoms. The van der Waals surface area contributed by atoms with Crippen LogP contribution in [0.5, 0.6) is 0 Å². The number of aryl methyl sites for hydroxylation is 1. The maximum absolute atomic E-state index is 5.46. The van der Waals surface area contributed by atoms with Crippen molar-refractivity contribution in [1.29, 1.82) is 0 Å². The van der Waals surface area contributed by atoms with Crippen LogP contribution in [-0.4, -0.2) is 6.54 Å². The third kappa shape index (κ3) is 1.95. The summed E-state index contributed by atoms with van der Waals surface area (Å²) >= 11 is 0. The van der Waals surface area contributed by atoms with Gasteiger partial charge in [0.05, 0.1) is 0 Å². The quantitative estimate of drug-likeness (QED) is 0.723. The Kier molecular flexibility index (Phi) is 3.06. The molecule has 0 spiro atoms.